The molecule has 0 fully saturated rings. The molecule has 0 aliphatic carbocycles. The minimum absolute atomic E-state index is 0.151. The Morgan fingerprint density at radius 3 is 2.35 bits per heavy atom. The van der Waals surface area contributed by atoms with E-state index in [2.05, 4.69) is 51.0 Å². The number of furan rings is 1. The summed E-state index contributed by atoms with van der Waals surface area (Å²) in [5.41, 5.74) is 1.08. The topological polar surface area (TPSA) is 25.2 Å². The van der Waals surface area contributed by atoms with Crippen molar-refractivity contribution in [1.82, 2.24) is 5.32 Å². The molecule has 0 spiro atoms. The Kier molecular flexibility index (Phi) is 5.41. The van der Waals surface area contributed by atoms with E-state index in [1.54, 1.807) is 0 Å². The fourth-order valence-corrected chi connectivity index (χ4v) is 2.76. The summed E-state index contributed by atoms with van der Waals surface area (Å²) in [5, 5.41) is 3.45. The van der Waals surface area contributed by atoms with Gasteiger partial charge < -0.3 is 9.73 Å². The van der Waals surface area contributed by atoms with Gasteiger partial charge >= 0.3 is 0 Å². The van der Waals surface area contributed by atoms with Crippen molar-refractivity contribution in [2.45, 2.75) is 26.4 Å². The second kappa shape index (κ2) is 6.87. The molecule has 1 heterocycles. The van der Waals surface area contributed by atoms with Crippen LogP contribution in [0.4, 0.5) is 4.39 Å². The van der Waals surface area contributed by atoms with Crippen LogP contribution in [-0.4, -0.2) is 0 Å². The van der Waals surface area contributed by atoms with E-state index in [1.165, 1.54) is 12.1 Å². The third-order valence-corrected chi connectivity index (χ3v) is 4.80. The molecule has 108 valence electrons. The normalized spacial score (nSPS) is 12.9. The largest absolute Gasteiger partial charge is 0.452 e. The lowest BCUT2D eigenvalue weighted by molar-refractivity contribution is 0.379. The predicted molar refractivity (Wildman–Crippen MR) is 84.9 cm³/mol. The summed E-state index contributed by atoms with van der Waals surface area (Å²) in [6.07, 6.45) is 0. The Balaban J connectivity index is 2.08. The van der Waals surface area contributed by atoms with Crippen molar-refractivity contribution in [3.05, 3.63) is 56.6 Å². The van der Waals surface area contributed by atoms with Crippen LogP contribution in [0.3, 0.4) is 0 Å². The highest BCUT2D eigenvalue weighted by Gasteiger charge is 2.16. The van der Waals surface area contributed by atoms with Gasteiger partial charge in [0.1, 0.15) is 11.6 Å². The summed E-state index contributed by atoms with van der Waals surface area (Å²) in [6, 6.07) is 8.71. The summed E-state index contributed by atoms with van der Waals surface area (Å²) in [7, 11) is 0. The van der Waals surface area contributed by atoms with E-state index in [1.807, 2.05) is 18.2 Å². The molecular weight excluding hydrogens is 389 g/mol. The lowest BCUT2D eigenvalue weighted by Gasteiger charge is -2.22. The SMILES string of the molecule is CC(C)C(NCc1cc(Br)c(Br)o1)c1ccc(F)cc1. The molecule has 1 N–H and O–H groups in total. The van der Waals surface area contributed by atoms with Crippen LogP contribution in [0.1, 0.15) is 31.2 Å². The van der Waals surface area contributed by atoms with Crippen LogP contribution < -0.4 is 5.32 Å². The molecule has 5 heteroatoms. The number of nitrogens with one attached hydrogen (secondary N) is 1. The van der Waals surface area contributed by atoms with Crippen LogP contribution in [0.5, 0.6) is 0 Å². The second-order valence-electron chi connectivity index (χ2n) is 4.99. The van der Waals surface area contributed by atoms with Crippen LogP contribution >= 0.6 is 31.9 Å². The van der Waals surface area contributed by atoms with Crippen molar-refractivity contribution in [1.29, 1.82) is 0 Å². The number of hydrogen-bond donors (Lipinski definition) is 1. The van der Waals surface area contributed by atoms with E-state index >= 15 is 0 Å². The molecule has 2 nitrogen and oxygen atoms in total. The maximum absolute atomic E-state index is 13.0. The van der Waals surface area contributed by atoms with E-state index in [-0.39, 0.29) is 11.9 Å². The molecule has 0 aliphatic heterocycles. The fourth-order valence-electron chi connectivity index (χ4n) is 2.10. The molecule has 1 aromatic carbocycles. The van der Waals surface area contributed by atoms with Gasteiger partial charge in [-0.05, 0) is 61.5 Å². The number of benzene rings is 1. The van der Waals surface area contributed by atoms with Crippen molar-refractivity contribution >= 4 is 31.9 Å². The lowest BCUT2D eigenvalue weighted by Crippen LogP contribution is -2.25. The summed E-state index contributed by atoms with van der Waals surface area (Å²) in [4.78, 5) is 0. The van der Waals surface area contributed by atoms with Crippen LogP contribution in [0.25, 0.3) is 0 Å². The first-order valence-corrected chi connectivity index (χ1v) is 7.98. The molecule has 20 heavy (non-hydrogen) atoms. The molecule has 2 rings (SSSR count). The van der Waals surface area contributed by atoms with Crippen LogP contribution in [0, 0.1) is 11.7 Å². The Labute approximate surface area is 135 Å². The van der Waals surface area contributed by atoms with Crippen LogP contribution in [0.2, 0.25) is 0 Å². The smallest absolute Gasteiger partial charge is 0.183 e. The second-order valence-corrected chi connectivity index (χ2v) is 6.56. The van der Waals surface area contributed by atoms with Gasteiger partial charge in [-0.3, -0.25) is 0 Å². The molecule has 1 atom stereocenters. The van der Waals surface area contributed by atoms with E-state index in [0.29, 0.717) is 17.1 Å². The summed E-state index contributed by atoms with van der Waals surface area (Å²) >= 11 is 6.72. The number of halogens is 3. The lowest BCUT2D eigenvalue weighted by atomic mass is 9.96. The van der Waals surface area contributed by atoms with E-state index in [9.17, 15) is 4.39 Å². The molecule has 0 amide bonds. The van der Waals surface area contributed by atoms with Crippen molar-refractivity contribution in [3.8, 4) is 0 Å². The molecule has 1 aromatic heterocycles. The van der Waals surface area contributed by atoms with Gasteiger partial charge in [-0.15, -0.1) is 0 Å². The van der Waals surface area contributed by atoms with Crippen LogP contribution in [0.15, 0.2) is 43.9 Å². The van der Waals surface area contributed by atoms with Gasteiger partial charge in [-0.1, -0.05) is 26.0 Å². The maximum atomic E-state index is 13.0. The summed E-state index contributed by atoms with van der Waals surface area (Å²) in [6.45, 7) is 4.88. The predicted octanol–water partition coefficient (Wildman–Crippen LogP) is 5.43. The standard InChI is InChI=1S/C15H16Br2FNO/c1-9(2)14(10-3-5-11(18)6-4-10)19-8-12-7-13(16)15(17)20-12/h3-7,9,14,19H,8H2,1-2H3. The van der Waals surface area contributed by atoms with E-state index in [0.717, 1.165) is 15.8 Å². The zero-order valence-corrected chi connectivity index (χ0v) is 14.5. The Morgan fingerprint density at radius 1 is 1.20 bits per heavy atom. The average molecular weight is 405 g/mol. The molecular formula is C15H16Br2FNO. The molecule has 0 saturated heterocycles. The third-order valence-electron chi connectivity index (χ3n) is 3.09. The molecule has 0 radical (unpaired) electrons. The first-order chi connectivity index (χ1) is 9.47. The van der Waals surface area contributed by atoms with Crippen molar-refractivity contribution in [2.75, 3.05) is 0 Å². The molecule has 0 bridgehead atoms. The number of rotatable bonds is 5. The molecule has 2 aromatic rings. The maximum Gasteiger partial charge on any atom is 0.183 e. The quantitative estimate of drug-likeness (QED) is 0.718. The van der Waals surface area contributed by atoms with Gasteiger partial charge in [0.05, 0.1) is 11.0 Å². The summed E-state index contributed by atoms with van der Waals surface area (Å²) < 4.78 is 20.1. The minimum Gasteiger partial charge on any atom is -0.452 e. The highest BCUT2D eigenvalue weighted by Crippen LogP contribution is 2.28. The van der Waals surface area contributed by atoms with Crippen molar-refractivity contribution in [3.63, 3.8) is 0 Å². The summed E-state index contributed by atoms with van der Waals surface area (Å²) in [5.74, 6) is 1.02. The zero-order chi connectivity index (χ0) is 14.7. The van der Waals surface area contributed by atoms with Gasteiger partial charge in [0.2, 0.25) is 0 Å². The van der Waals surface area contributed by atoms with Gasteiger partial charge in [-0.2, -0.15) is 0 Å². The Bertz CT molecular complexity index is 546. The van der Waals surface area contributed by atoms with Crippen molar-refractivity contribution < 1.29 is 8.81 Å². The first-order valence-electron chi connectivity index (χ1n) is 6.40. The third kappa shape index (κ3) is 3.93. The zero-order valence-electron chi connectivity index (χ0n) is 11.3. The molecule has 1 unspecified atom stereocenters. The van der Waals surface area contributed by atoms with Gasteiger partial charge in [0, 0.05) is 6.04 Å². The molecule has 0 aliphatic rings. The molecule has 0 saturated carbocycles. The monoisotopic (exact) mass is 403 g/mol. The van der Waals surface area contributed by atoms with Crippen LogP contribution in [-0.2, 0) is 6.54 Å². The van der Waals surface area contributed by atoms with Gasteiger partial charge in [0.15, 0.2) is 4.67 Å². The van der Waals surface area contributed by atoms with E-state index < -0.39 is 0 Å². The Hall–Kier alpha value is -0.650. The highest BCUT2D eigenvalue weighted by molar-refractivity contribution is 9.13. The Morgan fingerprint density at radius 2 is 1.85 bits per heavy atom. The van der Waals surface area contributed by atoms with Gasteiger partial charge in [-0.25, -0.2) is 4.39 Å². The van der Waals surface area contributed by atoms with Gasteiger partial charge in [0.25, 0.3) is 0 Å². The first kappa shape index (κ1) is 15.7. The number of hydrogen-bond acceptors (Lipinski definition) is 2. The van der Waals surface area contributed by atoms with Crippen molar-refractivity contribution in [2.24, 2.45) is 5.92 Å². The minimum atomic E-state index is -0.213. The fraction of sp³-hybridized carbons (Fsp3) is 0.333. The highest BCUT2D eigenvalue weighted by atomic mass is 79.9. The average Bonchev–Trinajstić information content (AvgIpc) is 2.71. The van der Waals surface area contributed by atoms with E-state index in [4.69, 9.17) is 4.42 Å².